The summed E-state index contributed by atoms with van der Waals surface area (Å²) in [5.74, 6) is 2.57. The average Bonchev–Trinajstić information content (AvgIpc) is 2.14. The van der Waals surface area contributed by atoms with Gasteiger partial charge in [0, 0.05) is 10.6 Å². The molecule has 0 heterocycles. The highest BCUT2D eigenvalue weighted by atomic mass is 35.5. The van der Waals surface area contributed by atoms with Crippen molar-refractivity contribution in [3.8, 4) is 12.3 Å². The third kappa shape index (κ3) is 1.79. The SMILES string of the molecule is C#CC1=CC=C(Cl)C=CC1. The molecule has 10 heavy (non-hydrogen) atoms. The Morgan fingerprint density at radius 3 is 3.00 bits per heavy atom. The minimum Gasteiger partial charge on any atom is -0.115 e. The van der Waals surface area contributed by atoms with Gasteiger partial charge in [-0.25, -0.2) is 0 Å². The van der Waals surface area contributed by atoms with Gasteiger partial charge in [-0.2, -0.15) is 0 Å². The number of terminal acetylenes is 1. The molecule has 0 aromatic heterocycles. The molecule has 0 amide bonds. The summed E-state index contributed by atoms with van der Waals surface area (Å²) in [5.41, 5.74) is 0.965. The van der Waals surface area contributed by atoms with E-state index in [-0.39, 0.29) is 0 Å². The van der Waals surface area contributed by atoms with Crippen molar-refractivity contribution >= 4 is 11.6 Å². The second-order valence-corrected chi connectivity index (χ2v) is 2.43. The first kappa shape index (κ1) is 7.18. The zero-order chi connectivity index (χ0) is 7.40. The van der Waals surface area contributed by atoms with E-state index in [1.807, 2.05) is 18.2 Å². The number of hydrogen-bond donors (Lipinski definition) is 0. The van der Waals surface area contributed by atoms with Gasteiger partial charge in [-0.3, -0.25) is 0 Å². The van der Waals surface area contributed by atoms with Gasteiger partial charge in [0.25, 0.3) is 0 Å². The zero-order valence-electron chi connectivity index (χ0n) is 5.47. The molecule has 0 bridgehead atoms. The van der Waals surface area contributed by atoms with Crippen LogP contribution in [0.25, 0.3) is 0 Å². The van der Waals surface area contributed by atoms with Gasteiger partial charge in [-0.05, 0) is 24.6 Å². The Morgan fingerprint density at radius 2 is 2.30 bits per heavy atom. The highest BCUT2D eigenvalue weighted by Crippen LogP contribution is 2.12. The van der Waals surface area contributed by atoms with Crippen LogP contribution in [0.15, 0.2) is 34.9 Å². The fourth-order valence-corrected chi connectivity index (χ4v) is 0.861. The van der Waals surface area contributed by atoms with Crippen molar-refractivity contribution in [3.05, 3.63) is 34.9 Å². The van der Waals surface area contributed by atoms with Crippen molar-refractivity contribution in [2.45, 2.75) is 6.42 Å². The first-order valence-corrected chi connectivity index (χ1v) is 3.40. The second-order valence-electron chi connectivity index (χ2n) is 1.99. The molecule has 0 radical (unpaired) electrons. The number of allylic oxidation sites excluding steroid dienone is 6. The van der Waals surface area contributed by atoms with Gasteiger partial charge in [0.05, 0.1) is 0 Å². The Kier molecular flexibility index (Phi) is 2.36. The summed E-state index contributed by atoms with van der Waals surface area (Å²) in [4.78, 5) is 0. The quantitative estimate of drug-likeness (QED) is 0.466. The molecule has 1 aliphatic rings. The van der Waals surface area contributed by atoms with E-state index >= 15 is 0 Å². The Morgan fingerprint density at radius 1 is 1.50 bits per heavy atom. The number of hydrogen-bond acceptors (Lipinski definition) is 0. The molecule has 0 aromatic carbocycles. The first-order chi connectivity index (χ1) is 4.83. The molecule has 0 saturated heterocycles. The van der Waals surface area contributed by atoms with Crippen LogP contribution in [0.2, 0.25) is 0 Å². The molecule has 1 aliphatic carbocycles. The summed E-state index contributed by atoms with van der Waals surface area (Å²) in [6.45, 7) is 0. The van der Waals surface area contributed by atoms with Crippen LogP contribution >= 0.6 is 11.6 Å². The summed E-state index contributed by atoms with van der Waals surface area (Å²) < 4.78 is 0. The van der Waals surface area contributed by atoms with Gasteiger partial charge in [0.1, 0.15) is 0 Å². The maximum Gasteiger partial charge on any atom is 0.0403 e. The van der Waals surface area contributed by atoms with Crippen LogP contribution in [0.4, 0.5) is 0 Å². The smallest absolute Gasteiger partial charge is 0.0403 e. The summed E-state index contributed by atoms with van der Waals surface area (Å²) >= 11 is 5.70. The lowest BCUT2D eigenvalue weighted by Crippen LogP contribution is -1.70. The molecule has 0 fully saturated rings. The van der Waals surface area contributed by atoms with E-state index in [1.165, 1.54) is 0 Å². The molecule has 0 saturated carbocycles. The molecule has 0 aliphatic heterocycles. The van der Waals surface area contributed by atoms with E-state index in [1.54, 1.807) is 6.08 Å². The van der Waals surface area contributed by atoms with Crippen LogP contribution in [0.1, 0.15) is 6.42 Å². The summed E-state index contributed by atoms with van der Waals surface area (Å²) in [6.07, 6.45) is 13.5. The fraction of sp³-hybridized carbons (Fsp3) is 0.111. The molecule has 0 spiro atoms. The Hall–Kier alpha value is -0.930. The van der Waals surface area contributed by atoms with Gasteiger partial charge in [-0.1, -0.05) is 23.6 Å². The molecular weight excluding hydrogens is 144 g/mol. The van der Waals surface area contributed by atoms with E-state index in [0.29, 0.717) is 0 Å². The molecule has 0 N–H and O–H groups in total. The molecule has 50 valence electrons. The first-order valence-electron chi connectivity index (χ1n) is 3.02. The highest BCUT2D eigenvalue weighted by molar-refractivity contribution is 6.31. The van der Waals surface area contributed by atoms with E-state index in [9.17, 15) is 0 Å². The van der Waals surface area contributed by atoms with Crippen molar-refractivity contribution in [1.82, 2.24) is 0 Å². The fourth-order valence-electron chi connectivity index (χ4n) is 0.709. The summed E-state index contributed by atoms with van der Waals surface area (Å²) in [7, 11) is 0. The predicted octanol–water partition coefficient (Wildman–Crippen LogP) is 2.63. The van der Waals surface area contributed by atoms with Crippen LogP contribution in [-0.4, -0.2) is 0 Å². The Labute approximate surface area is 65.9 Å². The topological polar surface area (TPSA) is 0 Å². The van der Waals surface area contributed by atoms with Crippen molar-refractivity contribution in [2.75, 3.05) is 0 Å². The Bertz CT molecular complexity index is 248. The van der Waals surface area contributed by atoms with Crippen LogP contribution in [0, 0.1) is 12.3 Å². The van der Waals surface area contributed by atoms with E-state index in [0.717, 1.165) is 17.0 Å². The molecule has 0 aromatic rings. The van der Waals surface area contributed by atoms with Gasteiger partial charge < -0.3 is 0 Å². The van der Waals surface area contributed by atoms with Crippen LogP contribution < -0.4 is 0 Å². The molecular formula is C9H7Cl. The lowest BCUT2D eigenvalue weighted by atomic mass is 10.2. The van der Waals surface area contributed by atoms with Crippen LogP contribution in [0.3, 0.4) is 0 Å². The predicted molar refractivity (Wildman–Crippen MR) is 44.6 cm³/mol. The minimum absolute atomic E-state index is 0.727. The lowest BCUT2D eigenvalue weighted by molar-refractivity contribution is 1.32. The average molecular weight is 151 g/mol. The van der Waals surface area contributed by atoms with Crippen LogP contribution in [-0.2, 0) is 0 Å². The molecule has 0 atom stereocenters. The minimum atomic E-state index is 0.727. The van der Waals surface area contributed by atoms with Crippen molar-refractivity contribution in [3.63, 3.8) is 0 Å². The summed E-state index contributed by atoms with van der Waals surface area (Å²) in [5, 5.41) is 0.727. The molecule has 1 rings (SSSR count). The van der Waals surface area contributed by atoms with Crippen molar-refractivity contribution in [2.24, 2.45) is 0 Å². The van der Waals surface area contributed by atoms with Gasteiger partial charge >= 0.3 is 0 Å². The third-order valence-corrected chi connectivity index (χ3v) is 1.50. The van der Waals surface area contributed by atoms with Gasteiger partial charge in [0.15, 0.2) is 0 Å². The van der Waals surface area contributed by atoms with Crippen LogP contribution in [0.5, 0.6) is 0 Å². The van der Waals surface area contributed by atoms with Crippen molar-refractivity contribution < 1.29 is 0 Å². The van der Waals surface area contributed by atoms with E-state index in [2.05, 4.69) is 5.92 Å². The zero-order valence-corrected chi connectivity index (χ0v) is 6.23. The largest absolute Gasteiger partial charge is 0.115 e. The normalized spacial score (nSPS) is 16.8. The van der Waals surface area contributed by atoms with Crippen molar-refractivity contribution in [1.29, 1.82) is 0 Å². The lowest BCUT2D eigenvalue weighted by Gasteiger charge is -1.86. The summed E-state index contributed by atoms with van der Waals surface area (Å²) in [6, 6.07) is 0. The van der Waals surface area contributed by atoms with Gasteiger partial charge in [0.2, 0.25) is 0 Å². The Balaban J connectivity index is 2.86. The maximum atomic E-state index is 5.70. The van der Waals surface area contributed by atoms with E-state index < -0.39 is 0 Å². The second kappa shape index (κ2) is 3.29. The molecule has 0 unspecified atom stereocenters. The highest BCUT2D eigenvalue weighted by Gasteiger charge is 1.92. The van der Waals surface area contributed by atoms with E-state index in [4.69, 9.17) is 18.0 Å². The number of halogens is 1. The standard InChI is InChI=1S/C9H7Cl/c1-2-8-4-3-5-9(10)7-6-8/h1,3,5-7H,4H2. The third-order valence-electron chi connectivity index (χ3n) is 1.24. The molecule has 0 nitrogen and oxygen atoms in total. The maximum absolute atomic E-state index is 5.70. The molecule has 1 heteroatoms. The number of rotatable bonds is 0. The monoisotopic (exact) mass is 150 g/mol. The van der Waals surface area contributed by atoms with Gasteiger partial charge in [-0.15, -0.1) is 6.42 Å².